The zero-order valence-corrected chi connectivity index (χ0v) is 11.6. The molecule has 1 aromatic heterocycles. The van der Waals surface area contributed by atoms with Gasteiger partial charge in [-0.05, 0) is 23.6 Å². The Kier molecular flexibility index (Phi) is 4.52. The molecule has 0 saturated heterocycles. The maximum Gasteiger partial charge on any atom is 0.324 e. The van der Waals surface area contributed by atoms with Crippen molar-refractivity contribution in [3.8, 4) is 0 Å². The van der Waals surface area contributed by atoms with Gasteiger partial charge in [0, 0.05) is 23.7 Å². The van der Waals surface area contributed by atoms with Crippen LogP contribution in [0, 0.1) is 10.1 Å². The summed E-state index contributed by atoms with van der Waals surface area (Å²) in [6, 6.07) is 9.82. The molecule has 0 radical (unpaired) electrons. The summed E-state index contributed by atoms with van der Waals surface area (Å²) in [5.41, 5.74) is 3.34. The lowest BCUT2D eigenvalue weighted by Crippen LogP contribution is -2.01. The Morgan fingerprint density at radius 3 is 2.84 bits per heavy atom. The number of benzene rings is 1. The number of thiophene rings is 1. The van der Waals surface area contributed by atoms with Crippen molar-refractivity contribution < 1.29 is 4.92 Å². The monoisotopic (exact) mass is 276 g/mol. The lowest BCUT2D eigenvalue weighted by molar-refractivity contribution is -0.380. The van der Waals surface area contributed by atoms with Gasteiger partial charge < -0.3 is 5.32 Å². The molecule has 4 nitrogen and oxygen atoms in total. The van der Waals surface area contributed by atoms with E-state index in [1.807, 2.05) is 23.6 Å². The van der Waals surface area contributed by atoms with Gasteiger partial charge in [0.2, 0.25) is 0 Å². The zero-order chi connectivity index (χ0) is 13.7. The fourth-order valence-corrected chi connectivity index (χ4v) is 2.66. The largest absolute Gasteiger partial charge is 0.381 e. The number of anilines is 1. The summed E-state index contributed by atoms with van der Waals surface area (Å²) in [6.07, 6.45) is 2.13. The Hall–Kier alpha value is -1.88. The number of hydrogen-bond acceptors (Lipinski definition) is 4. The fourth-order valence-electron chi connectivity index (χ4n) is 1.93. The van der Waals surface area contributed by atoms with Gasteiger partial charge in [0.15, 0.2) is 0 Å². The van der Waals surface area contributed by atoms with E-state index in [0.29, 0.717) is 6.54 Å². The van der Waals surface area contributed by atoms with Crippen LogP contribution in [0.15, 0.2) is 35.7 Å². The molecular weight excluding hydrogens is 260 g/mol. The number of nitrogens with one attached hydrogen (secondary N) is 1. The average Bonchev–Trinajstić information content (AvgIpc) is 2.87. The molecule has 0 atom stereocenters. The average molecular weight is 276 g/mol. The van der Waals surface area contributed by atoms with Crippen LogP contribution in [0.5, 0.6) is 0 Å². The normalized spacial score (nSPS) is 10.4. The van der Waals surface area contributed by atoms with E-state index < -0.39 is 0 Å². The molecule has 1 N–H and O–H groups in total. The predicted octanol–water partition coefficient (Wildman–Crippen LogP) is 4.22. The molecule has 1 aromatic carbocycles. The molecule has 0 aliphatic rings. The molecule has 100 valence electrons. The van der Waals surface area contributed by atoms with E-state index in [2.05, 4.69) is 18.3 Å². The highest BCUT2D eigenvalue weighted by Gasteiger charge is 2.09. The molecule has 0 aliphatic carbocycles. The molecule has 1 heterocycles. The van der Waals surface area contributed by atoms with Gasteiger partial charge in [-0.15, -0.1) is 0 Å². The summed E-state index contributed by atoms with van der Waals surface area (Å²) in [7, 11) is 0. The van der Waals surface area contributed by atoms with Crippen LogP contribution < -0.4 is 5.32 Å². The third-order valence-electron chi connectivity index (χ3n) is 2.84. The SMILES string of the molecule is CCCc1ccccc1NCc1csc([N+](=O)[O-])c1. The van der Waals surface area contributed by atoms with Crippen molar-refractivity contribution in [2.75, 3.05) is 5.32 Å². The first kappa shape index (κ1) is 13.5. The summed E-state index contributed by atoms with van der Waals surface area (Å²) in [5.74, 6) is 0. The van der Waals surface area contributed by atoms with E-state index in [4.69, 9.17) is 0 Å². The first-order valence-corrected chi connectivity index (χ1v) is 7.12. The van der Waals surface area contributed by atoms with E-state index in [9.17, 15) is 10.1 Å². The topological polar surface area (TPSA) is 55.2 Å². The Morgan fingerprint density at radius 2 is 2.16 bits per heavy atom. The Bertz CT molecular complexity index is 566. The molecule has 5 heteroatoms. The van der Waals surface area contributed by atoms with Crippen molar-refractivity contribution in [2.24, 2.45) is 0 Å². The van der Waals surface area contributed by atoms with E-state index in [-0.39, 0.29) is 9.92 Å². The third-order valence-corrected chi connectivity index (χ3v) is 3.77. The second kappa shape index (κ2) is 6.33. The standard InChI is InChI=1S/C14H16N2O2S/c1-2-5-12-6-3-4-7-13(12)15-9-11-8-14(16(17)18)19-10-11/h3-4,6-8,10,15H,2,5,9H2,1H3. The third kappa shape index (κ3) is 3.54. The molecule has 0 aliphatic heterocycles. The van der Waals surface area contributed by atoms with Gasteiger partial charge >= 0.3 is 5.00 Å². The van der Waals surface area contributed by atoms with Crippen molar-refractivity contribution in [1.29, 1.82) is 0 Å². The number of nitrogens with zero attached hydrogens (tertiary/aromatic N) is 1. The first-order valence-electron chi connectivity index (χ1n) is 6.24. The molecule has 0 bridgehead atoms. The molecule has 0 amide bonds. The molecule has 0 fully saturated rings. The van der Waals surface area contributed by atoms with Gasteiger partial charge in [-0.1, -0.05) is 42.9 Å². The van der Waals surface area contributed by atoms with E-state index in [1.54, 1.807) is 6.07 Å². The number of rotatable bonds is 6. The van der Waals surface area contributed by atoms with Gasteiger partial charge in [0.05, 0.1) is 4.92 Å². The summed E-state index contributed by atoms with van der Waals surface area (Å²) in [5, 5.41) is 16.0. The smallest absolute Gasteiger partial charge is 0.324 e. The van der Waals surface area contributed by atoms with Gasteiger partial charge in [0.25, 0.3) is 0 Å². The summed E-state index contributed by atoms with van der Waals surface area (Å²) in [6.45, 7) is 2.77. The van der Waals surface area contributed by atoms with Crippen LogP contribution in [-0.2, 0) is 13.0 Å². The quantitative estimate of drug-likeness (QED) is 0.634. The summed E-state index contributed by atoms with van der Waals surface area (Å²) >= 11 is 1.17. The Balaban J connectivity index is 2.03. The van der Waals surface area contributed by atoms with Crippen LogP contribution in [0.2, 0.25) is 0 Å². The van der Waals surface area contributed by atoms with Crippen LogP contribution >= 0.6 is 11.3 Å². The van der Waals surface area contributed by atoms with E-state index >= 15 is 0 Å². The minimum atomic E-state index is -0.348. The molecule has 0 saturated carbocycles. The highest BCUT2D eigenvalue weighted by molar-refractivity contribution is 7.13. The van der Waals surface area contributed by atoms with Gasteiger partial charge in [-0.25, -0.2) is 0 Å². The zero-order valence-electron chi connectivity index (χ0n) is 10.8. The van der Waals surface area contributed by atoms with Gasteiger partial charge in [-0.3, -0.25) is 10.1 Å². The van der Waals surface area contributed by atoms with Crippen molar-refractivity contribution in [2.45, 2.75) is 26.3 Å². The van der Waals surface area contributed by atoms with Gasteiger partial charge in [-0.2, -0.15) is 0 Å². The molecule has 2 rings (SSSR count). The molecule has 2 aromatic rings. The molecule has 0 unspecified atom stereocenters. The second-order valence-corrected chi connectivity index (χ2v) is 5.20. The van der Waals surface area contributed by atoms with Crippen molar-refractivity contribution in [3.05, 3.63) is 57.0 Å². The van der Waals surface area contributed by atoms with E-state index in [1.165, 1.54) is 16.9 Å². The lowest BCUT2D eigenvalue weighted by atomic mass is 10.1. The van der Waals surface area contributed by atoms with Crippen molar-refractivity contribution in [3.63, 3.8) is 0 Å². The van der Waals surface area contributed by atoms with Crippen LogP contribution in [0.4, 0.5) is 10.7 Å². The van der Waals surface area contributed by atoms with Crippen LogP contribution in [0.3, 0.4) is 0 Å². The Morgan fingerprint density at radius 1 is 1.37 bits per heavy atom. The maximum atomic E-state index is 10.6. The van der Waals surface area contributed by atoms with Crippen LogP contribution in [-0.4, -0.2) is 4.92 Å². The fraction of sp³-hybridized carbons (Fsp3) is 0.286. The minimum absolute atomic E-state index is 0.193. The molecule has 19 heavy (non-hydrogen) atoms. The minimum Gasteiger partial charge on any atom is -0.381 e. The lowest BCUT2D eigenvalue weighted by Gasteiger charge is -2.10. The molecular formula is C14H16N2O2S. The predicted molar refractivity (Wildman–Crippen MR) is 78.7 cm³/mol. The number of aryl methyl sites for hydroxylation is 1. The van der Waals surface area contributed by atoms with E-state index in [0.717, 1.165) is 24.1 Å². The number of nitro groups is 1. The second-order valence-electron chi connectivity index (χ2n) is 4.31. The van der Waals surface area contributed by atoms with Crippen molar-refractivity contribution >= 4 is 22.0 Å². The van der Waals surface area contributed by atoms with Crippen LogP contribution in [0.1, 0.15) is 24.5 Å². The maximum absolute atomic E-state index is 10.6. The number of hydrogen-bond donors (Lipinski definition) is 1. The highest BCUT2D eigenvalue weighted by atomic mass is 32.1. The highest BCUT2D eigenvalue weighted by Crippen LogP contribution is 2.24. The molecule has 0 spiro atoms. The Labute approximate surface area is 116 Å². The van der Waals surface area contributed by atoms with Gasteiger partial charge in [0.1, 0.15) is 0 Å². The van der Waals surface area contributed by atoms with Crippen molar-refractivity contribution in [1.82, 2.24) is 0 Å². The van der Waals surface area contributed by atoms with Crippen LogP contribution in [0.25, 0.3) is 0 Å². The summed E-state index contributed by atoms with van der Waals surface area (Å²) in [4.78, 5) is 10.3. The first-order chi connectivity index (χ1) is 9.20. The summed E-state index contributed by atoms with van der Waals surface area (Å²) < 4.78 is 0. The number of para-hydroxylation sites is 1.